The van der Waals surface area contributed by atoms with Gasteiger partial charge in [0.05, 0.1) is 6.54 Å². The largest absolute Gasteiger partial charge is 0.355 e. The second-order valence-corrected chi connectivity index (χ2v) is 3.81. The molecule has 1 amide bonds. The summed E-state index contributed by atoms with van der Waals surface area (Å²) in [6.45, 7) is 6.94. The molecular formula is C12H21N3O. The quantitative estimate of drug-likeness (QED) is 0.727. The fraction of sp³-hybridized carbons (Fsp3) is 0.583. The van der Waals surface area contributed by atoms with E-state index in [1.165, 1.54) is 5.56 Å². The molecule has 0 saturated carbocycles. The average molecular weight is 223 g/mol. The second kappa shape index (κ2) is 7.06. The summed E-state index contributed by atoms with van der Waals surface area (Å²) < 4.78 is 2.17. The number of rotatable bonds is 7. The van der Waals surface area contributed by atoms with E-state index in [1.54, 1.807) is 0 Å². The van der Waals surface area contributed by atoms with E-state index >= 15 is 0 Å². The van der Waals surface area contributed by atoms with Gasteiger partial charge in [-0.1, -0.05) is 6.92 Å². The lowest BCUT2D eigenvalue weighted by molar-refractivity contribution is -0.120. The lowest BCUT2D eigenvalue weighted by Crippen LogP contribution is -2.33. The number of aromatic nitrogens is 1. The van der Waals surface area contributed by atoms with Crippen molar-refractivity contribution in [1.29, 1.82) is 0 Å². The molecule has 0 saturated heterocycles. The number of nitrogens with one attached hydrogen (secondary N) is 2. The minimum Gasteiger partial charge on any atom is -0.355 e. The summed E-state index contributed by atoms with van der Waals surface area (Å²) in [6, 6.07) is 2.08. The van der Waals surface area contributed by atoms with Gasteiger partial charge in [-0.3, -0.25) is 4.79 Å². The smallest absolute Gasteiger partial charge is 0.233 e. The van der Waals surface area contributed by atoms with Crippen molar-refractivity contribution < 1.29 is 4.79 Å². The van der Waals surface area contributed by atoms with Crippen LogP contribution in [-0.2, 0) is 17.9 Å². The Labute approximate surface area is 97.0 Å². The van der Waals surface area contributed by atoms with E-state index in [9.17, 15) is 4.79 Å². The average Bonchev–Trinajstić information content (AvgIpc) is 2.67. The lowest BCUT2D eigenvalue weighted by Gasteiger charge is -2.03. The molecule has 0 bridgehead atoms. The summed E-state index contributed by atoms with van der Waals surface area (Å²) >= 11 is 0. The second-order valence-electron chi connectivity index (χ2n) is 3.81. The molecule has 1 rings (SSSR count). The third-order valence-electron chi connectivity index (χ3n) is 2.28. The van der Waals surface area contributed by atoms with Crippen LogP contribution in [0.15, 0.2) is 18.5 Å². The van der Waals surface area contributed by atoms with Crippen LogP contribution >= 0.6 is 0 Å². The zero-order chi connectivity index (χ0) is 11.8. The first-order chi connectivity index (χ1) is 7.76. The number of carbonyl (C=O) groups is 1. The number of hydrogen-bond acceptors (Lipinski definition) is 2. The molecule has 0 aliphatic carbocycles. The van der Waals surface area contributed by atoms with Gasteiger partial charge in [-0.05, 0) is 25.0 Å². The van der Waals surface area contributed by atoms with Crippen molar-refractivity contribution in [2.24, 2.45) is 0 Å². The summed E-state index contributed by atoms with van der Waals surface area (Å²) in [7, 11) is 0. The van der Waals surface area contributed by atoms with Gasteiger partial charge in [-0.2, -0.15) is 0 Å². The number of nitrogens with zero attached hydrogens (tertiary/aromatic N) is 1. The molecule has 1 aromatic heterocycles. The van der Waals surface area contributed by atoms with Gasteiger partial charge in [0.25, 0.3) is 0 Å². The van der Waals surface area contributed by atoms with E-state index in [4.69, 9.17) is 0 Å². The Morgan fingerprint density at radius 3 is 2.94 bits per heavy atom. The number of hydrogen-bond donors (Lipinski definition) is 2. The molecule has 0 atom stereocenters. The predicted octanol–water partition coefficient (Wildman–Crippen LogP) is 1.12. The molecule has 1 aromatic rings. The van der Waals surface area contributed by atoms with Crippen LogP contribution in [0.25, 0.3) is 0 Å². The topological polar surface area (TPSA) is 46.1 Å². The highest BCUT2D eigenvalue weighted by molar-refractivity contribution is 5.77. The predicted molar refractivity (Wildman–Crippen MR) is 65.1 cm³/mol. The van der Waals surface area contributed by atoms with Gasteiger partial charge >= 0.3 is 0 Å². The monoisotopic (exact) mass is 223 g/mol. The van der Waals surface area contributed by atoms with Crippen LogP contribution in [0.4, 0.5) is 0 Å². The van der Waals surface area contributed by atoms with Crippen LogP contribution in [-0.4, -0.2) is 23.6 Å². The fourth-order valence-electron chi connectivity index (χ4n) is 1.57. The molecule has 0 radical (unpaired) electrons. The van der Waals surface area contributed by atoms with E-state index in [-0.39, 0.29) is 5.91 Å². The minimum absolute atomic E-state index is 0.0514. The summed E-state index contributed by atoms with van der Waals surface area (Å²) in [4.78, 5) is 11.2. The standard InChI is InChI=1S/C12H21N3O/c1-3-6-15-7-5-11(10-15)8-13-9-12(16)14-4-2/h5,7,10,13H,3-4,6,8-9H2,1-2H3,(H,14,16). The molecule has 0 spiro atoms. The molecule has 0 aliphatic heterocycles. The Morgan fingerprint density at radius 1 is 1.44 bits per heavy atom. The molecule has 90 valence electrons. The Morgan fingerprint density at radius 2 is 2.25 bits per heavy atom. The van der Waals surface area contributed by atoms with Gasteiger partial charge in [-0.15, -0.1) is 0 Å². The van der Waals surface area contributed by atoms with E-state index in [0.717, 1.165) is 19.5 Å². The first kappa shape index (κ1) is 12.8. The van der Waals surface area contributed by atoms with Gasteiger partial charge in [0.2, 0.25) is 5.91 Å². The summed E-state index contributed by atoms with van der Waals surface area (Å²) in [5, 5.41) is 5.87. The molecule has 0 aliphatic rings. The van der Waals surface area contributed by atoms with E-state index < -0.39 is 0 Å². The van der Waals surface area contributed by atoms with Crippen molar-refractivity contribution in [3.63, 3.8) is 0 Å². The maximum atomic E-state index is 11.2. The van der Waals surface area contributed by atoms with Crippen LogP contribution in [0.2, 0.25) is 0 Å². The highest BCUT2D eigenvalue weighted by atomic mass is 16.1. The number of carbonyl (C=O) groups excluding carboxylic acids is 1. The fourth-order valence-corrected chi connectivity index (χ4v) is 1.57. The third kappa shape index (κ3) is 4.49. The Kier molecular flexibility index (Phi) is 5.64. The maximum absolute atomic E-state index is 11.2. The zero-order valence-electron chi connectivity index (χ0n) is 10.1. The lowest BCUT2D eigenvalue weighted by atomic mass is 10.3. The van der Waals surface area contributed by atoms with E-state index in [2.05, 4.69) is 40.6 Å². The van der Waals surface area contributed by atoms with Gasteiger partial charge in [0, 0.05) is 32.0 Å². The number of amides is 1. The first-order valence-electron chi connectivity index (χ1n) is 5.88. The zero-order valence-corrected chi connectivity index (χ0v) is 10.1. The minimum atomic E-state index is 0.0514. The first-order valence-corrected chi connectivity index (χ1v) is 5.88. The van der Waals surface area contributed by atoms with Gasteiger partial charge in [-0.25, -0.2) is 0 Å². The molecule has 0 unspecified atom stereocenters. The maximum Gasteiger partial charge on any atom is 0.233 e. The van der Waals surface area contributed by atoms with Crippen LogP contribution in [0.5, 0.6) is 0 Å². The highest BCUT2D eigenvalue weighted by Gasteiger charge is 1.99. The molecule has 0 fully saturated rings. The molecular weight excluding hydrogens is 202 g/mol. The van der Waals surface area contributed by atoms with Crippen LogP contribution in [0.3, 0.4) is 0 Å². The van der Waals surface area contributed by atoms with Gasteiger partial charge in [0.15, 0.2) is 0 Å². The van der Waals surface area contributed by atoms with Crippen LogP contribution in [0.1, 0.15) is 25.8 Å². The van der Waals surface area contributed by atoms with Crippen LogP contribution < -0.4 is 10.6 Å². The van der Waals surface area contributed by atoms with Crippen molar-refractivity contribution >= 4 is 5.91 Å². The number of likely N-dealkylation sites (N-methyl/N-ethyl adjacent to an activating group) is 1. The molecule has 0 aromatic carbocycles. The summed E-state index contributed by atoms with van der Waals surface area (Å²) in [5.74, 6) is 0.0514. The van der Waals surface area contributed by atoms with Crippen molar-refractivity contribution in [2.45, 2.75) is 33.4 Å². The van der Waals surface area contributed by atoms with Gasteiger partial charge < -0.3 is 15.2 Å². The molecule has 4 heteroatoms. The highest BCUT2D eigenvalue weighted by Crippen LogP contribution is 2.01. The molecule has 4 nitrogen and oxygen atoms in total. The summed E-state index contributed by atoms with van der Waals surface area (Å²) in [6.07, 6.45) is 5.33. The van der Waals surface area contributed by atoms with Gasteiger partial charge in [0.1, 0.15) is 0 Å². The molecule has 1 heterocycles. The van der Waals surface area contributed by atoms with Crippen LogP contribution in [0, 0.1) is 0 Å². The van der Waals surface area contributed by atoms with E-state index in [0.29, 0.717) is 13.1 Å². The number of aryl methyl sites for hydroxylation is 1. The Bertz CT molecular complexity index is 320. The van der Waals surface area contributed by atoms with Crippen molar-refractivity contribution in [3.05, 3.63) is 24.0 Å². The molecule has 2 N–H and O–H groups in total. The Balaban J connectivity index is 2.23. The third-order valence-corrected chi connectivity index (χ3v) is 2.28. The van der Waals surface area contributed by atoms with E-state index in [1.807, 2.05) is 6.92 Å². The van der Waals surface area contributed by atoms with Crippen molar-refractivity contribution in [2.75, 3.05) is 13.1 Å². The Hall–Kier alpha value is -1.29. The molecule has 16 heavy (non-hydrogen) atoms. The SMILES string of the molecule is CCCn1ccc(CNCC(=O)NCC)c1. The normalized spacial score (nSPS) is 10.4. The summed E-state index contributed by atoms with van der Waals surface area (Å²) in [5.41, 5.74) is 1.22. The van der Waals surface area contributed by atoms with Crippen molar-refractivity contribution in [1.82, 2.24) is 15.2 Å². The van der Waals surface area contributed by atoms with Crippen molar-refractivity contribution in [3.8, 4) is 0 Å².